The van der Waals surface area contributed by atoms with Crippen LogP contribution in [0.2, 0.25) is 0 Å². The number of anilines is 2. The molecule has 0 aliphatic rings. The summed E-state index contributed by atoms with van der Waals surface area (Å²) >= 11 is 9.29. The van der Waals surface area contributed by atoms with Gasteiger partial charge >= 0.3 is 0 Å². The lowest BCUT2D eigenvalue weighted by atomic mass is 10.2. The van der Waals surface area contributed by atoms with E-state index in [-0.39, 0.29) is 29.4 Å². The molecule has 0 bridgehead atoms. The summed E-state index contributed by atoms with van der Waals surface area (Å²) in [5, 5.41) is 5.19. The summed E-state index contributed by atoms with van der Waals surface area (Å²) in [4.78, 5) is 23.9. The van der Waals surface area contributed by atoms with Crippen molar-refractivity contribution in [2.45, 2.75) is 18.2 Å². The van der Waals surface area contributed by atoms with Crippen molar-refractivity contribution >= 4 is 53.0 Å². The molecule has 2 aromatic rings. The first-order chi connectivity index (χ1) is 13.9. The van der Waals surface area contributed by atoms with Gasteiger partial charge in [0.15, 0.2) is 5.11 Å². The van der Waals surface area contributed by atoms with Gasteiger partial charge in [-0.1, -0.05) is 12.1 Å². The topological polar surface area (TPSA) is 91.5 Å². The van der Waals surface area contributed by atoms with Gasteiger partial charge in [0.2, 0.25) is 5.91 Å². The van der Waals surface area contributed by atoms with Crippen LogP contribution in [0.15, 0.2) is 48.5 Å². The SMILES string of the molecule is COc1ccc(NC(S)CC(=O)CC(=O)NNC(=S)Nc2ccccc2F)cc1. The number of carbonyl (C=O) groups is 2. The first-order valence-electron chi connectivity index (χ1n) is 8.58. The largest absolute Gasteiger partial charge is 0.497 e. The number of thiol groups is 1. The molecule has 0 heterocycles. The van der Waals surface area contributed by atoms with E-state index in [0.29, 0.717) is 5.75 Å². The van der Waals surface area contributed by atoms with E-state index in [1.807, 2.05) is 0 Å². The number of rotatable bonds is 8. The normalized spacial score (nSPS) is 11.1. The number of Topliss-reactive ketones (excluding diaryl/α,β-unsaturated/α-hetero) is 1. The lowest BCUT2D eigenvalue weighted by Gasteiger charge is -2.15. The Morgan fingerprint density at radius 2 is 1.83 bits per heavy atom. The zero-order chi connectivity index (χ0) is 21.2. The molecule has 1 unspecified atom stereocenters. The molecular weight excluding hydrogens is 415 g/mol. The molecule has 29 heavy (non-hydrogen) atoms. The van der Waals surface area contributed by atoms with E-state index in [1.165, 1.54) is 12.1 Å². The lowest BCUT2D eigenvalue weighted by molar-refractivity contribution is -0.128. The number of carbonyl (C=O) groups excluding carboxylic acids is 2. The second-order valence-corrected chi connectivity index (χ2v) is 6.95. The van der Waals surface area contributed by atoms with Gasteiger partial charge in [0.1, 0.15) is 17.3 Å². The summed E-state index contributed by atoms with van der Waals surface area (Å²) in [5.74, 6) is -0.646. The molecule has 0 saturated heterocycles. The van der Waals surface area contributed by atoms with E-state index in [4.69, 9.17) is 17.0 Å². The van der Waals surface area contributed by atoms with Crippen LogP contribution in [0, 0.1) is 5.82 Å². The van der Waals surface area contributed by atoms with Crippen LogP contribution in [0.1, 0.15) is 12.8 Å². The maximum Gasteiger partial charge on any atom is 0.245 e. The van der Waals surface area contributed by atoms with Gasteiger partial charge in [0, 0.05) is 12.1 Å². The minimum atomic E-state index is -0.572. The number of nitrogens with one attached hydrogen (secondary N) is 4. The molecule has 0 aliphatic heterocycles. The Hall–Kier alpha value is -2.85. The van der Waals surface area contributed by atoms with Crippen LogP contribution in [-0.2, 0) is 9.59 Å². The van der Waals surface area contributed by atoms with Gasteiger partial charge in [0.05, 0.1) is 24.6 Å². The Bertz CT molecular complexity index is 865. The van der Waals surface area contributed by atoms with E-state index in [1.54, 1.807) is 43.5 Å². The van der Waals surface area contributed by atoms with Crippen LogP contribution in [0.3, 0.4) is 0 Å². The summed E-state index contributed by atoms with van der Waals surface area (Å²) in [7, 11) is 1.57. The average molecular weight is 437 g/mol. The molecule has 0 saturated carbocycles. The molecule has 0 radical (unpaired) electrons. The Morgan fingerprint density at radius 3 is 2.48 bits per heavy atom. The molecule has 10 heteroatoms. The number of ether oxygens (including phenoxy) is 1. The van der Waals surface area contributed by atoms with Crippen LogP contribution < -0.4 is 26.2 Å². The minimum Gasteiger partial charge on any atom is -0.497 e. The van der Waals surface area contributed by atoms with Gasteiger partial charge in [-0.25, -0.2) is 4.39 Å². The highest BCUT2D eigenvalue weighted by Crippen LogP contribution is 2.17. The third kappa shape index (κ3) is 7.96. The Labute approximate surface area is 178 Å². The number of benzene rings is 2. The number of ketones is 1. The molecule has 0 aliphatic carbocycles. The third-order valence-electron chi connectivity index (χ3n) is 3.64. The highest BCUT2D eigenvalue weighted by atomic mass is 32.1. The molecule has 1 atom stereocenters. The molecular formula is C19H21FN4O3S2. The van der Waals surface area contributed by atoms with E-state index >= 15 is 0 Å². The molecule has 4 N–H and O–H groups in total. The van der Waals surface area contributed by atoms with Crippen molar-refractivity contribution in [3.8, 4) is 5.75 Å². The van der Waals surface area contributed by atoms with Crippen molar-refractivity contribution in [3.05, 3.63) is 54.3 Å². The zero-order valence-electron chi connectivity index (χ0n) is 15.6. The van der Waals surface area contributed by atoms with Gasteiger partial charge < -0.3 is 15.4 Å². The Kier molecular flexibility index (Phi) is 8.68. The summed E-state index contributed by atoms with van der Waals surface area (Å²) in [6.45, 7) is 0. The number of para-hydroxylation sites is 1. The van der Waals surface area contributed by atoms with Crippen LogP contribution in [0.4, 0.5) is 15.8 Å². The quantitative estimate of drug-likeness (QED) is 0.143. The van der Waals surface area contributed by atoms with Crippen LogP contribution in [0.25, 0.3) is 0 Å². The maximum absolute atomic E-state index is 13.5. The molecule has 7 nitrogen and oxygen atoms in total. The van der Waals surface area contributed by atoms with Crippen molar-refractivity contribution in [2.75, 3.05) is 17.7 Å². The van der Waals surface area contributed by atoms with E-state index in [2.05, 4.69) is 34.1 Å². The summed E-state index contributed by atoms with van der Waals surface area (Å²) in [6, 6.07) is 13.1. The molecule has 2 rings (SSSR count). The van der Waals surface area contributed by atoms with Gasteiger partial charge in [-0.3, -0.25) is 20.4 Å². The Balaban J connectivity index is 1.70. The number of thiocarbonyl (C=S) groups is 1. The minimum absolute atomic E-state index is 0.0101. The first kappa shape index (κ1) is 22.4. The van der Waals surface area contributed by atoms with Gasteiger partial charge in [0.25, 0.3) is 0 Å². The van der Waals surface area contributed by atoms with Crippen molar-refractivity contribution in [2.24, 2.45) is 0 Å². The summed E-state index contributed by atoms with van der Waals surface area (Å²) in [5.41, 5.74) is 5.65. The second-order valence-electron chi connectivity index (χ2n) is 5.92. The second kappa shape index (κ2) is 11.2. The number of hydrogen-bond donors (Lipinski definition) is 5. The smallest absolute Gasteiger partial charge is 0.245 e. The zero-order valence-corrected chi connectivity index (χ0v) is 17.3. The Morgan fingerprint density at radius 1 is 1.14 bits per heavy atom. The highest BCUT2D eigenvalue weighted by molar-refractivity contribution is 7.81. The number of amides is 1. The molecule has 0 spiro atoms. The molecule has 154 valence electrons. The maximum atomic E-state index is 13.5. The van der Waals surface area contributed by atoms with Crippen molar-refractivity contribution in [3.63, 3.8) is 0 Å². The number of hydrogen-bond acceptors (Lipinski definition) is 6. The molecule has 0 aromatic heterocycles. The molecule has 2 aromatic carbocycles. The van der Waals surface area contributed by atoms with Gasteiger partial charge in [-0.15, -0.1) is 0 Å². The molecule has 1 amide bonds. The standard InChI is InChI=1S/C19H21FN4O3S2/c1-27-14-8-6-12(7-9-14)21-18(28)11-13(25)10-17(26)23-24-19(29)22-16-5-3-2-4-15(16)20/h2-9,18,21,28H,10-11H2,1H3,(H,23,26)(H2,22,24,29). The van der Waals surface area contributed by atoms with Crippen molar-refractivity contribution in [1.82, 2.24) is 10.9 Å². The predicted molar refractivity (Wildman–Crippen MR) is 118 cm³/mol. The van der Waals surface area contributed by atoms with Crippen LogP contribution in [-0.4, -0.2) is 29.3 Å². The number of methoxy groups -OCH3 is 1. The summed E-state index contributed by atoms with van der Waals surface area (Å²) < 4.78 is 18.6. The van der Waals surface area contributed by atoms with Crippen molar-refractivity contribution in [1.29, 1.82) is 0 Å². The third-order valence-corrected chi connectivity index (χ3v) is 4.16. The molecule has 0 fully saturated rings. The predicted octanol–water partition coefficient (Wildman–Crippen LogP) is 2.87. The van der Waals surface area contributed by atoms with Crippen molar-refractivity contribution < 1.29 is 18.7 Å². The van der Waals surface area contributed by atoms with E-state index in [0.717, 1.165) is 5.69 Å². The summed E-state index contributed by atoms with van der Waals surface area (Å²) in [6.07, 6.45) is -0.308. The fourth-order valence-corrected chi connectivity index (χ4v) is 2.80. The lowest BCUT2D eigenvalue weighted by Crippen LogP contribution is -2.44. The fourth-order valence-electron chi connectivity index (χ4n) is 2.28. The van der Waals surface area contributed by atoms with E-state index < -0.39 is 17.1 Å². The van der Waals surface area contributed by atoms with Gasteiger partial charge in [-0.05, 0) is 48.6 Å². The highest BCUT2D eigenvalue weighted by Gasteiger charge is 2.14. The average Bonchev–Trinajstić information content (AvgIpc) is 2.68. The van der Waals surface area contributed by atoms with Gasteiger partial charge in [-0.2, -0.15) is 12.6 Å². The monoisotopic (exact) mass is 436 g/mol. The van der Waals surface area contributed by atoms with Crippen LogP contribution in [0.5, 0.6) is 5.75 Å². The fraction of sp³-hybridized carbons (Fsp3) is 0.211. The van der Waals surface area contributed by atoms with E-state index in [9.17, 15) is 14.0 Å². The van der Waals surface area contributed by atoms with Crippen LogP contribution >= 0.6 is 24.8 Å². The number of hydrazine groups is 1. The number of halogens is 1. The first-order valence-corrected chi connectivity index (χ1v) is 9.50.